The van der Waals surface area contributed by atoms with Crippen molar-refractivity contribution >= 4 is 0 Å². The van der Waals surface area contributed by atoms with Gasteiger partial charge in [-0.3, -0.25) is 0 Å². The molecule has 0 aromatic carbocycles. The predicted octanol–water partition coefficient (Wildman–Crippen LogP) is 5.76. The summed E-state index contributed by atoms with van der Waals surface area (Å²) < 4.78 is 0. The molecule has 0 aromatic rings. The summed E-state index contributed by atoms with van der Waals surface area (Å²) in [5.74, 6) is 0. The molecule has 0 heterocycles. The number of allylic oxidation sites excluding steroid dienone is 11. The zero-order valence-electron chi connectivity index (χ0n) is 14.7. The Kier molecular flexibility index (Phi) is 9.91. The lowest BCUT2D eigenvalue weighted by Crippen LogP contribution is -2.31. The first-order chi connectivity index (χ1) is 11.7. The summed E-state index contributed by atoms with van der Waals surface area (Å²) >= 11 is 0. The van der Waals surface area contributed by atoms with E-state index < -0.39 is 0 Å². The van der Waals surface area contributed by atoms with Crippen molar-refractivity contribution < 1.29 is 0 Å². The van der Waals surface area contributed by atoms with E-state index in [-0.39, 0.29) is 6.04 Å². The predicted molar refractivity (Wildman–Crippen MR) is 109 cm³/mol. The van der Waals surface area contributed by atoms with Crippen LogP contribution in [-0.4, -0.2) is 12.6 Å². The molecule has 0 aliphatic heterocycles. The van der Waals surface area contributed by atoms with E-state index >= 15 is 0 Å². The third-order valence-electron chi connectivity index (χ3n) is 3.67. The monoisotopic (exact) mass is 319 g/mol. The van der Waals surface area contributed by atoms with Crippen molar-refractivity contribution in [3.63, 3.8) is 0 Å². The molecule has 1 rings (SSSR count). The van der Waals surface area contributed by atoms with Crippen LogP contribution in [0, 0.1) is 0 Å². The van der Waals surface area contributed by atoms with E-state index in [2.05, 4.69) is 67.6 Å². The maximum atomic E-state index is 4.20. The number of hydrogen-bond acceptors (Lipinski definition) is 1. The van der Waals surface area contributed by atoms with Crippen LogP contribution in [0.1, 0.15) is 19.8 Å². The fourth-order valence-electron chi connectivity index (χ4n) is 2.28. The highest BCUT2D eigenvalue weighted by atomic mass is 14.9. The largest absolute Gasteiger partial charge is 0.306 e. The Morgan fingerprint density at radius 2 is 2.08 bits per heavy atom. The number of rotatable bonds is 10. The van der Waals surface area contributed by atoms with E-state index in [4.69, 9.17) is 0 Å². The Morgan fingerprint density at radius 3 is 2.83 bits per heavy atom. The van der Waals surface area contributed by atoms with Crippen molar-refractivity contribution in [1.82, 2.24) is 5.32 Å². The Hall–Kier alpha value is -2.38. The van der Waals surface area contributed by atoms with Gasteiger partial charge >= 0.3 is 0 Å². The zero-order chi connectivity index (χ0) is 17.6. The van der Waals surface area contributed by atoms with Gasteiger partial charge in [-0.15, -0.1) is 0 Å². The lowest BCUT2D eigenvalue weighted by atomic mass is 9.95. The molecule has 0 spiro atoms. The van der Waals surface area contributed by atoms with E-state index in [9.17, 15) is 0 Å². The van der Waals surface area contributed by atoms with E-state index in [1.807, 2.05) is 31.2 Å². The van der Waals surface area contributed by atoms with Gasteiger partial charge in [-0.1, -0.05) is 92.6 Å². The first kappa shape index (κ1) is 19.7. The topological polar surface area (TPSA) is 12.0 Å². The Bertz CT molecular complexity index is 606. The first-order valence-electron chi connectivity index (χ1n) is 8.39. The highest BCUT2D eigenvalue weighted by Gasteiger charge is 2.13. The highest BCUT2D eigenvalue weighted by Crippen LogP contribution is 2.20. The van der Waals surface area contributed by atoms with E-state index in [0.717, 1.165) is 30.5 Å². The molecule has 126 valence electrons. The van der Waals surface area contributed by atoms with Crippen LogP contribution in [0.3, 0.4) is 0 Å². The van der Waals surface area contributed by atoms with Crippen LogP contribution in [0.4, 0.5) is 0 Å². The molecule has 0 bridgehead atoms. The highest BCUT2D eigenvalue weighted by molar-refractivity contribution is 5.40. The van der Waals surface area contributed by atoms with Crippen LogP contribution in [0.25, 0.3) is 0 Å². The van der Waals surface area contributed by atoms with Crippen molar-refractivity contribution in [2.45, 2.75) is 25.8 Å². The Morgan fingerprint density at radius 1 is 1.25 bits per heavy atom. The average Bonchev–Trinajstić information content (AvgIpc) is 2.87. The van der Waals surface area contributed by atoms with Crippen molar-refractivity contribution in [2.24, 2.45) is 0 Å². The van der Waals surface area contributed by atoms with Gasteiger partial charge in [-0.05, 0) is 36.5 Å². The zero-order valence-corrected chi connectivity index (χ0v) is 14.7. The van der Waals surface area contributed by atoms with Crippen molar-refractivity contribution in [3.05, 3.63) is 109 Å². The molecule has 1 nitrogen and oxygen atoms in total. The van der Waals surface area contributed by atoms with E-state index in [1.165, 1.54) is 5.57 Å². The second-order valence-electron chi connectivity index (χ2n) is 5.58. The molecular weight excluding hydrogens is 290 g/mol. The van der Waals surface area contributed by atoms with Crippen LogP contribution in [0.5, 0.6) is 0 Å². The molecule has 0 saturated carbocycles. The minimum absolute atomic E-state index is 0.209. The third kappa shape index (κ3) is 7.75. The average molecular weight is 319 g/mol. The molecule has 1 unspecified atom stereocenters. The minimum atomic E-state index is 0.209. The summed E-state index contributed by atoms with van der Waals surface area (Å²) in [5.41, 5.74) is 3.25. The van der Waals surface area contributed by atoms with Crippen LogP contribution >= 0.6 is 0 Å². The maximum Gasteiger partial charge on any atom is 0.0363 e. The molecule has 0 aromatic heterocycles. The van der Waals surface area contributed by atoms with Crippen molar-refractivity contribution in [3.8, 4) is 0 Å². The summed E-state index contributed by atoms with van der Waals surface area (Å²) in [4.78, 5) is 0. The summed E-state index contributed by atoms with van der Waals surface area (Å²) in [5, 5.41) is 3.60. The smallest absolute Gasteiger partial charge is 0.0363 e. The fourth-order valence-corrected chi connectivity index (χ4v) is 2.28. The molecule has 1 N–H and O–H groups in total. The van der Waals surface area contributed by atoms with Gasteiger partial charge in [0.25, 0.3) is 0 Å². The second-order valence-corrected chi connectivity index (χ2v) is 5.58. The molecule has 0 radical (unpaired) electrons. The van der Waals surface area contributed by atoms with Gasteiger partial charge in [-0.25, -0.2) is 0 Å². The summed E-state index contributed by atoms with van der Waals surface area (Å²) in [6, 6.07) is 0.209. The van der Waals surface area contributed by atoms with Gasteiger partial charge in [-0.2, -0.15) is 0 Å². The van der Waals surface area contributed by atoms with Crippen LogP contribution in [0.15, 0.2) is 109 Å². The van der Waals surface area contributed by atoms with Gasteiger partial charge in [0, 0.05) is 12.6 Å². The lowest BCUT2D eigenvalue weighted by molar-refractivity contribution is 0.613. The van der Waals surface area contributed by atoms with Crippen molar-refractivity contribution in [2.75, 3.05) is 6.54 Å². The van der Waals surface area contributed by atoms with Gasteiger partial charge in [0.15, 0.2) is 0 Å². The molecule has 1 aliphatic rings. The molecule has 1 heteroatoms. The third-order valence-corrected chi connectivity index (χ3v) is 3.67. The number of hydrogen-bond donors (Lipinski definition) is 1. The molecule has 24 heavy (non-hydrogen) atoms. The summed E-state index contributed by atoms with van der Waals surface area (Å²) in [6.45, 7) is 14.8. The molecule has 0 amide bonds. The first-order valence-corrected chi connectivity index (χ1v) is 8.39. The molecular formula is C23H29N. The fraction of sp³-hybridized carbons (Fsp3) is 0.217. The van der Waals surface area contributed by atoms with Crippen LogP contribution in [0.2, 0.25) is 0 Å². The van der Waals surface area contributed by atoms with E-state index in [0.29, 0.717) is 0 Å². The summed E-state index contributed by atoms with van der Waals surface area (Å²) in [6.07, 6.45) is 26.5. The lowest BCUT2D eigenvalue weighted by Gasteiger charge is -2.21. The molecule has 0 saturated heterocycles. The second kappa shape index (κ2) is 12.1. The SMILES string of the molecule is C=C/C=C\C(=C)C(=C)CC(NC/C=C\C=C/C)C1=CC=CCC=C1. The normalized spacial score (nSPS) is 15.8. The standard InChI is InChI=1S/C23H29N/c1-5-7-9-14-18-24-23(22-16-12-10-11-13-17-22)19-21(4)20(3)15-8-6-2/h5-10,12-17,23-24H,2-4,11,18-19H2,1H3/b7-5-,14-9-,15-8-. The molecule has 1 atom stereocenters. The maximum absolute atomic E-state index is 4.20. The van der Waals surface area contributed by atoms with E-state index in [1.54, 1.807) is 6.08 Å². The van der Waals surface area contributed by atoms with Gasteiger partial charge in [0.05, 0.1) is 0 Å². The Balaban J connectivity index is 2.80. The minimum Gasteiger partial charge on any atom is -0.306 e. The molecule has 1 aliphatic carbocycles. The van der Waals surface area contributed by atoms with Crippen LogP contribution < -0.4 is 5.32 Å². The number of nitrogens with one attached hydrogen (secondary N) is 1. The Labute approximate surface area is 147 Å². The van der Waals surface area contributed by atoms with Crippen molar-refractivity contribution in [1.29, 1.82) is 0 Å². The summed E-state index contributed by atoms with van der Waals surface area (Å²) in [7, 11) is 0. The van der Waals surface area contributed by atoms with Gasteiger partial charge in [0.1, 0.15) is 0 Å². The quantitative estimate of drug-likeness (QED) is 0.504. The van der Waals surface area contributed by atoms with Crippen LogP contribution in [-0.2, 0) is 0 Å². The van der Waals surface area contributed by atoms with Gasteiger partial charge < -0.3 is 5.32 Å². The molecule has 0 fully saturated rings. The van der Waals surface area contributed by atoms with Gasteiger partial charge in [0.2, 0.25) is 0 Å².